The molecule has 92 valence electrons. The van der Waals surface area contributed by atoms with Gasteiger partial charge in [-0.15, -0.1) is 0 Å². The molecule has 2 bridgehead atoms. The fourth-order valence-electron chi connectivity index (χ4n) is 5.99. The van der Waals surface area contributed by atoms with Gasteiger partial charge in [0.2, 0.25) is 0 Å². The molecule has 16 heavy (non-hydrogen) atoms. The fraction of sp³-hybridized carbons (Fsp3) is 1.00. The summed E-state index contributed by atoms with van der Waals surface area (Å²) in [6.45, 7) is 1.77. The first-order valence-corrected chi connectivity index (χ1v) is 7.18. The van der Waals surface area contributed by atoms with Crippen LogP contribution in [-0.4, -0.2) is 13.1 Å². The van der Waals surface area contributed by atoms with Crippen LogP contribution in [0.4, 0.5) is 0 Å². The maximum atomic E-state index is 5.91. The summed E-state index contributed by atoms with van der Waals surface area (Å²) in [6.07, 6.45) is 11.3. The van der Waals surface area contributed by atoms with Crippen molar-refractivity contribution < 1.29 is 0 Å². The van der Waals surface area contributed by atoms with E-state index in [-0.39, 0.29) is 0 Å². The predicted molar refractivity (Wildman–Crippen MR) is 66.9 cm³/mol. The summed E-state index contributed by atoms with van der Waals surface area (Å²) in [6, 6.07) is 0. The van der Waals surface area contributed by atoms with E-state index in [0.717, 1.165) is 24.9 Å². The van der Waals surface area contributed by atoms with Crippen molar-refractivity contribution in [1.29, 1.82) is 0 Å². The standard InChI is InChI=1S/C14H26N2/c15-8-6-13-5-3-11(10-13)12-2-1-4-14(12,13)7-9-16/h11-12H,1-10,15-16H2. The van der Waals surface area contributed by atoms with Crippen LogP contribution < -0.4 is 11.5 Å². The molecule has 2 nitrogen and oxygen atoms in total. The van der Waals surface area contributed by atoms with Crippen LogP contribution in [0.3, 0.4) is 0 Å². The molecule has 3 saturated carbocycles. The van der Waals surface area contributed by atoms with E-state index in [0.29, 0.717) is 10.8 Å². The molecular weight excluding hydrogens is 196 g/mol. The Hall–Kier alpha value is -0.0800. The van der Waals surface area contributed by atoms with Gasteiger partial charge in [0.25, 0.3) is 0 Å². The Balaban J connectivity index is 1.95. The summed E-state index contributed by atoms with van der Waals surface area (Å²) in [5.74, 6) is 2.04. The molecule has 3 aliphatic rings. The number of rotatable bonds is 4. The number of fused-ring (bicyclic) bond motifs is 5. The van der Waals surface area contributed by atoms with Crippen molar-refractivity contribution in [3.8, 4) is 0 Å². The van der Waals surface area contributed by atoms with Gasteiger partial charge in [0, 0.05) is 0 Å². The van der Waals surface area contributed by atoms with Crippen molar-refractivity contribution in [2.45, 2.75) is 51.4 Å². The smallest absolute Gasteiger partial charge is 0.00717 e. The Morgan fingerprint density at radius 3 is 2.56 bits per heavy atom. The third-order valence-electron chi connectivity index (χ3n) is 6.33. The molecule has 0 amide bonds. The normalized spacial score (nSPS) is 49.9. The molecular formula is C14H26N2. The van der Waals surface area contributed by atoms with Crippen LogP contribution >= 0.6 is 0 Å². The monoisotopic (exact) mass is 222 g/mol. The molecule has 4 N–H and O–H groups in total. The molecule has 3 aliphatic carbocycles. The van der Waals surface area contributed by atoms with Gasteiger partial charge >= 0.3 is 0 Å². The second-order valence-corrected chi connectivity index (χ2v) is 6.52. The van der Waals surface area contributed by atoms with Crippen molar-refractivity contribution in [3.05, 3.63) is 0 Å². The third-order valence-corrected chi connectivity index (χ3v) is 6.33. The highest BCUT2D eigenvalue weighted by atomic mass is 14.7. The first kappa shape index (κ1) is 11.0. The van der Waals surface area contributed by atoms with Crippen molar-refractivity contribution >= 4 is 0 Å². The van der Waals surface area contributed by atoms with E-state index in [1.165, 1.54) is 51.4 Å². The van der Waals surface area contributed by atoms with Crippen LogP contribution in [0.25, 0.3) is 0 Å². The lowest BCUT2D eigenvalue weighted by atomic mass is 9.56. The molecule has 4 atom stereocenters. The topological polar surface area (TPSA) is 52.0 Å². The first-order chi connectivity index (χ1) is 7.78. The molecule has 3 rings (SSSR count). The number of hydrogen-bond donors (Lipinski definition) is 2. The average molecular weight is 222 g/mol. The van der Waals surface area contributed by atoms with Crippen LogP contribution in [-0.2, 0) is 0 Å². The van der Waals surface area contributed by atoms with Gasteiger partial charge in [-0.05, 0) is 80.7 Å². The maximum Gasteiger partial charge on any atom is -0.00717 e. The van der Waals surface area contributed by atoms with Crippen molar-refractivity contribution in [2.75, 3.05) is 13.1 Å². The zero-order chi connectivity index (χ0) is 11.2. The molecule has 3 fully saturated rings. The minimum Gasteiger partial charge on any atom is -0.330 e. The molecule has 0 aromatic heterocycles. The molecule has 0 saturated heterocycles. The van der Waals surface area contributed by atoms with Crippen molar-refractivity contribution in [2.24, 2.45) is 34.1 Å². The fourth-order valence-corrected chi connectivity index (χ4v) is 5.99. The van der Waals surface area contributed by atoms with E-state index < -0.39 is 0 Å². The van der Waals surface area contributed by atoms with Gasteiger partial charge in [0.1, 0.15) is 0 Å². The van der Waals surface area contributed by atoms with Crippen molar-refractivity contribution in [3.63, 3.8) is 0 Å². The second kappa shape index (κ2) is 3.71. The van der Waals surface area contributed by atoms with Gasteiger partial charge in [-0.1, -0.05) is 6.42 Å². The minimum atomic E-state index is 0.604. The zero-order valence-electron chi connectivity index (χ0n) is 10.4. The number of hydrogen-bond acceptors (Lipinski definition) is 2. The lowest BCUT2D eigenvalue weighted by Crippen LogP contribution is -2.43. The lowest BCUT2D eigenvalue weighted by molar-refractivity contribution is 0.0101. The van der Waals surface area contributed by atoms with E-state index in [9.17, 15) is 0 Å². The molecule has 0 heterocycles. The highest BCUT2D eigenvalue weighted by Gasteiger charge is 2.66. The van der Waals surface area contributed by atoms with E-state index in [1.807, 2.05) is 0 Å². The summed E-state index contributed by atoms with van der Waals surface area (Å²) < 4.78 is 0. The molecule has 4 unspecified atom stereocenters. The maximum absolute atomic E-state index is 5.91. The molecule has 0 aromatic carbocycles. The van der Waals surface area contributed by atoms with E-state index >= 15 is 0 Å². The zero-order valence-corrected chi connectivity index (χ0v) is 10.4. The molecule has 0 aliphatic heterocycles. The first-order valence-electron chi connectivity index (χ1n) is 7.18. The Bertz CT molecular complexity index is 278. The highest BCUT2D eigenvalue weighted by Crippen LogP contribution is 2.74. The third kappa shape index (κ3) is 1.15. The summed E-state index contributed by atoms with van der Waals surface area (Å²) in [7, 11) is 0. The SMILES string of the molecule is NCCC12CCC(C1)C1CCCC12CCN. The molecule has 2 heteroatoms. The summed E-state index contributed by atoms with van der Waals surface area (Å²) >= 11 is 0. The minimum absolute atomic E-state index is 0.604. The Morgan fingerprint density at radius 2 is 1.81 bits per heavy atom. The molecule has 0 aromatic rings. The Kier molecular flexibility index (Phi) is 2.56. The van der Waals surface area contributed by atoms with Gasteiger partial charge in [-0.25, -0.2) is 0 Å². The van der Waals surface area contributed by atoms with E-state index in [1.54, 1.807) is 0 Å². The number of nitrogens with two attached hydrogens (primary N) is 2. The van der Waals surface area contributed by atoms with Gasteiger partial charge < -0.3 is 11.5 Å². The van der Waals surface area contributed by atoms with Crippen molar-refractivity contribution in [1.82, 2.24) is 0 Å². The van der Waals surface area contributed by atoms with Gasteiger partial charge in [-0.3, -0.25) is 0 Å². The summed E-state index contributed by atoms with van der Waals surface area (Å²) in [4.78, 5) is 0. The van der Waals surface area contributed by atoms with Gasteiger partial charge in [0.05, 0.1) is 0 Å². The highest BCUT2D eigenvalue weighted by molar-refractivity contribution is 5.16. The van der Waals surface area contributed by atoms with Crippen LogP contribution in [0.2, 0.25) is 0 Å². The molecule has 0 spiro atoms. The van der Waals surface area contributed by atoms with Gasteiger partial charge in [-0.2, -0.15) is 0 Å². The van der Waals surface area contributed by atoms with Crippen LogP contribution in [0.5, 0.6) is 0 Å². The summed E-state index contributed by atoms with van der Waals surface area (Å²) in [5.41, 5.74) is 13.0. The van der Waals surface area contributed by atoms with Gasteiger partial charge in [0.15, 0.2) is 0 Å². The second-order valence-electron chi connectivity index (χ2n) is 6.52. The van der Waals surface area contributed by atoms with Crippen LogP contribution in [0, 0.1) is 22.7 Å². The Labute approximate surface area is 99.1 Å². The summed E-state index contributed by atoms with van der Waals surface area (Å²) in [5, 5.41) is 0. The molecule has 0 radical (unpaired) electrons. The Morgan fingerprint density at radius 1 is 1.00 bits per heavy atom. The average Bonchev–Trinajstić information content (AvgIpc) is 2.88. The van der Waals surface area contributed by atoms with E-state index in [2.05, 4.69) is 0 Å². The predicted octanol–water partition coefficient (Wildman–Crippen LogP) is 2.27. The van der Waals surface area contributed by atoms with Crippen LogP contribution in [0.1, 0.15) is 51.4 Å². The van der Waals surface area contributed by atoms with E-state index in [4.69, 9.17) is 11.5 Å². The lowest BCUT2D eigenvalue weighted by Gasteiger charge is -2.48. The quantitative estimate of drug-likeness (QED) is 0.766. The largest absolute Gasteiger partial charge is 0.330 e. The van der Waals surface area contributed by atoms with Crippen LogP contribution in [0.15, 0.2) is 0 Å².